The van der Waals surface area contributed by atoms with Gasteiger partial charge in [-0.3, -0.25) is 0 Å². The molecule has 0 aromatic heterocycles. The Hall–Kier alpha value is -0.610. The van der Waals surface area contributed by atoms with Crippen molar-refractivity contribution in [3.8, 4) is 0 Å². The average Bonchev–Trinajstić information content (AvgIpc) is 1.77. The molecule has 4 nitrogen and oxygen atoms in total. The monoisotopic (exact) mass is 116 g/mol. The number of nitrogens with one attached hydrogen (secondary N) is 1. The molecule has 2 atom stereocenters. The highest BCUT2D eigenvalue weighted by Gasteiger charge is 2.15. The molecule has 0 aromatic rings. The van der Waals surface area contributed by atoms with Crippen LogP contribution in [0.1, 0.15) is 0 Å². The van der Waals surface area contributed by atoms with Crippen molar-refractivity contribution < 1.29 is 10.2 Å². The number of hydrazone groups is 1. The van der Waals surface area contributed by atoms with Crippen LogP contribution < -0.4 is 5.43 Å². The molecule has 0 amide bonds. The molecule has 3 N–H and O–H groups in total. The zero-order valence-electron chi connectivity index (χ0n) is 4.28. The Morgan fingerprint density at radius 3 is 2.75 bits per heavy atom. The van der Waals surface area contributed by atoms with Gasteiger partial charge in [0.25, 0.3) is 0 Å². The standard InChI is InChI=1S/C4H8N2O2/c7-3-1-5-6-2-4(3)8/h1,3-4,6-8H,2H2/t3-,4-/m1/s1. The van der Waals surface area contributed by atoms with Crippen LogP contribution in [0.15, 0.2) is 5.10 Å². The molecule has 0 unspecified atom stereocenters. The number of rotatable bonds is 0. The molecular formula is C4H8N2O2. The molecule has 0 aromatic carbocycles. The minimum absolute atomic E-state index is 0.331. The second-order valence-electron chi connectivity index (χ2n) is 1.70. The Morgan fingerprint density at radius 1 is 1.62 bits per heavy atom. The first-order chi connectivity index (χ1) is 3.80. The molecule has 1 aliphatic heterocycles. The summed E-state index contributed by atoms with van der Waals surface area (Å²) in [6.45, 7) is 0.331. The van der Waals surface area contributed by atoms with Crippen molar-refractivity contribution in [2.45, 2.75) is 12.2 Å². The van der Waals surface area contributed by atoms with Crippen LogP contribution in [0, 0.1) is 0 Å². The summed E-state index contributed by atoms with van der Waals surface area (Å²) in [4.78, 5) is 0. The van der Waals surface area contributed by atoms with E-state index < -0.39 is 12.2 Å². The first-order valence-electron chi connectivity index (χ1n) is 2.43. The normalized spacial score (nSPS) is 36.8. The fourth-order valence-corrected chi connectivity index (χ4v) is 0.495. The zero-order chi connectivity index (χ0) is 5.98. The first-order valence-corrected chi connectivity index (χ1v) is 2.43. The minimum atomic E-state index is -0.795. The zero-order valence-corrected chi connectivity index (χ0v) is 4.28. The molecule has 46 valence electrons. The summed E-state index contributed by atoms with van der Waals surface area (Å²) in [5, 5.41) is 21.0. The number of β-amino-alcohol motifs (C(OH)–C–C–N with tert-alkyl or cyclic N) is 1. The topological polar surface area (TPSA) is 64.9 Å². The molecule has 0 aliphatic carbocycles. The van der Waals surface area contributed by atoms with E-state index in [-0.39, 0.29) is 0 Å². The van der Waals surface area contributed by atoms with E-state index in [0.717, 1.165) is 0 Å². The highest BCUT2D eigenvalue weighted by atomic mass is 16.3. The lowest BCUT2D eigenvalue weighted by Gasteiger charge is -2.17. The summed E-state index contributed by atoms with van der Waals surface area (Å²) in [5.74, 6) is 0. The molecule has 0 fully saturated rings. The molecule has 8 heavy (non-hydrogen) atoms. The number of aliphatic hydroxyl groups excluding tert-OH is 2. The molecule has 0 bridgehead atoms. The van der Waals surface area contributed by atoms with Crippen molar-refractivity contribution in [1.82, 2.24) is 5.43 Å². The highest BCUT2D eigenvalue weighted by Crippen LogP contribution is 1.91. The third-order valence-electron chi connectivity index (χ3n) is 1.01. The summed E-state index contributed by atoms with van der Waals surface area (Å²) in [6.07, 6.45) is -0.225. The number of nitrogens with zero attached hydrogens (tertiary/aromatic N) is 1. The quantitative estimate of drug-likeness (QED) is 0.353. The maximum atomic E-state index is 8.77. The molecule has 1 heterocycles. The van der Waals surface area contributed by atoms with Gasteiger partial charge >= 0.3 is 0 Å². The lowest BCUT2D eigenvalue weighted by atomic mass is 10.2. The molecule has 0 saturated heterocycles. The van der Waals surface area contributed by atoms with Gasteiger partial charge in [-0.25, -0.2) is 0 Å². The van der Waals surface area contributed by atoms with E-state index in [1.807, 2.05) is 0 Å². The maximum Gasteiger partial charge on any atom is 0.118 e. The summed E-state index contributed by atoms with van der Waals surface area (Å²) < 4.78 is 0. The van der Waals surface area contributed by atoms with Crippen LogP contribution >= 0.6 is 0 Å². The molecule has 0 saturated carbocycles. The summed E-state index contributed by atoms with van der Waals surface area (Å²) in [7, 11) is 0. The van der Waals surface area contributed by atoms with Gasteiger partial charge in [0.05, 0.1) is 12.8 Å². The number of aliphatic hydroxyl groups is 2. The predicted molar refractivity (Wildman–Crippen MR) is 28.5 cm³/mol. The molecule has 1 rings (SSSR count). The predicted octanol–water partition coefficient (Wildman–Crippen LogP) is -1.70. The van der Waals surface area contributed by atoms with Gasteiger partial charge in [-0.2, -0.15) is 5.10 Å². The van der Waals surface area contributed by atoms with Gasteiger partial charge in [0.2, 0.25) is 0 Å². The fraction of sp³-hybridized carbons (Fsp3) is 0.750. The van der Waals surface area contributed by atoms with E-state index in [4.69, 9.17) is 10.2 Å². The lowest BCUT2D eigenvalue weighted by Crippen LogP contribution is -2.39. The Balaban J connectivity index is 2.47. The summed E-state index contributed by atoms with van der Waals surface area (Å²) >= 11 is 0. The van der Waals surface area contributed by atoms with Crippen LogP contribution in [0.3, 0.4) is 0 Å². The Kier molecular flexibility index (Phi) is 1.45. The van der Waals surface area contributed by atoms with E-state index in [2.05, 4.69) is 10.5 Å². The van der Waals surface area contributed by atoms with Crippen molar-refractivity contribution in [2.75, 3.05) is 6.54 Å². The smallest absolute Gasteiger partial charge is 0.118 e. The van der Waals surface area contributed by atoms with Gasteiger partial charge in [0.15, 0.2) is 0 Å². The van der Waals surface area contributed by atoms with Crippen molar-refractivity contribution in [3.63, 3.8) is 0 Å². The SMILES string of the molecule is O[C@@H]1C=NNC[C@H]1O. The second kappa shape index (κ2) is 2.11. The third-order valence-corrected chi connectivity index (χ3v) is 1.01. The Bertz CT molecular complexity index is 104. The first kappa shape index (κ1) is 5.53. The lowest BCUT2D eigenvalue weighted by molar-refractivity contribution is 0.0570. The number of hydrogen-bond acceptors (Lipinski definition) is 4. The maximum absolute atomic E-state index is 8.77. The fourth-order valence-electron chi connectivity index (χ4n) is 0.495. The van der Waals surface area contributed by atoms with Gasteiger partial charge in [0.1, 0.15) is 12.2 Å². The van der Waals surface area contributed by atoms with Gasteiger partial charge in [-0.15, -0.1) is 0 Å². The molecular weight excluding hydrogens is 108 g/mol. The van der Waals surface area contributed by atoms with Crippen LogP contribution in [-0.4, -0.2) is 35.2 Å². The van der Waals surface area contributed by atoms with E-state index in [1.165, 1.54) is 6.21 Å². The van der Waals surface area contributed by atoms with Crippen molar-refractivity contribution in [2.24, 2.45) is 5.10 Å². The summed E-state index contributed by atoms with van der Waals surface area (Å²) in [5.41, 5.74) is 2.52. The van der Waals surface area contributed by atoms with E-state index >= 15 is 0 Å². The molecule has 0 radical (unpaired) electrons. The highest BCUT2D eigenvalue weighted by molar-refractivity contribution is 5.64. The van der Waals surface area contributed by atoms with Gasteiger partial charge < -0.3 is 15.6 Å². The van der Waals surface area contributed by atoms with Crippen LogP contribution in [0.2, 0.25) is 0 Å². The van der Waals surface area contributed by atoms with Crippen LogP contribution in [0.4, 0.5) is 0 Å². The van der Waals surface area contributed by atoms with Crippen LogP contribution in [0.5, 0.6) is 0 Å². The Morgan fingerprint density at radius 2 is 2.38 bits per heavy atom. The minimum Gasteiger partial charge on any atom is -0.388 e. The van der Waals surface area contributed by atoms with Gasteiger partial charge in [-0.05, 0) is 0 Å². The van der Waals surface area contributed by atoms with Crippen molar-refractivity contribution in [1.29, 1.82) is 0 Å². The number of hydrogen-bond donors (Lipinski definition) is 3. The summed E-state index contributed by atoms with van der Waals surface area (Å²) in [6, 6.07) is 0. The van der Waals surface area contributed by atoms with Gasteiger partial charge in [0, 0.05) is 0 Å². The van der Waals surface area contributed by atoms with E-state index in [1.54, 1.807) is 0 Å². The van der Waals surface area contributed by atoms with E-state index in [0.29, 0.717) is 6.54 Å². The van der Waals surface area contributed by atoms with Crippen molar-refractivity contribution in [3.05, 3.63) is 0 Å². The largest absolute Gasteiger partial charge is 0.388 e. The Labute approximate surface area is 46.8 Å². The third kappa shape index (κ3) is 0.962. The van der Waals surface area contributed by atoms with Crippen molar-refractivity contribution >= 4 is 6.21 Å². The average molecular weight is 116 g/mol. The van der Waals surface area contributed by atoms with E-state index in [9.17, 15) is 0 Å². The molecule has 1 aliphatic rings. The van der Waals surface area contributed by atoms with Crippen LogP contribution in [0.25, 0.3) is 0 Å². The van der Waals surface area contributed by atoms with Gasteiger partial charge in [-0.1, -0.05) is 0 Å². The molecule has 0 spiro atoms. The molecule has 4 heteroatoms. The second-order valence-corrected chi connectivity index (χ2v) is 1.70. The van der Waals surface area contributed by atoms with Crippen LogP contribution in [-0.2, 0) is 0 Å².